The largest absolute Gasteiger partial charge is 0.506 e. The molecule has 1 aliphatic rings. The van der Waals surface area contributed by atoms with Gasteiger partial charge in [-0.05, 0) is 25.0 Å². The molecule has 1 saturated carbocycles. The van der Waals surface area contributed by atoms with Crippen molar-refractivity contribution in [1.82, 2.24) is 9.55 Å². The SMILES string of the molecule is Cn1c(C2(N)CC2)nc2c(O)cccc2c1=O. The van der Waals surface area contributed by atoms with E-state index < -0.39 is 5.54 Å². The maximum atomic E-state index is 12.1. The number of phenols is 1. The van der Waals surface area contributed by atoms with Crippen LogP contribution in [0.15, 0.2) is 23.0 Å². The zero-order chi connectivity index (χ0) is 12.2. The van der Waals surface area contributed by atoms with Gasteiger partial charge >= 0.3 is 0 Å². The quantitative estimate of drug-likeness (QED) is 0.752. The number of phenolic OH excluding ortho intramolecular Hbond substituents is 1. The predicted octanol–water partition coefficient (Wildman–Crippen LogP) is 0.587. The summed E-state index contributed by atoms with van der Waals surface area (Å²) in [6.07, 6.45) is 1.65. The summed E-state index contributed by atoms with van der Waals surface area (Å²) >= 11 is 0. The molecule has 1 fully saturated rings. The Morgan fingerprint density at radius 3 is 2.82 bits per heavy atom. The third-order valence-electron chi connectivity index (χ3n) is 3.32. The highest BCUT2D eigenvalue weighted by Crippen LogP contribution is 2.41. The van der Waals surface area contributed by atoms with Crippen LogP contribution in [0.2, 0.25) is 0 Å². The summed E-state index contributed by atoms with van der Waals surface area (Å²) in [4.78, 5) is 16.5. The van der Waals surface area contributed by atoms with Crippen molar-refractivity contribution in [2.24, 2.45) is 12.8 Å². The number of fused-ring (bicyclic) bond motifs is 1. The molecule has 1 heterocycles. The molecule has 5 heteroatoms. The Morgan fingerprint density at radius 1 is 1.47 bits per heavy atom. The van der Waals surface area contributed by atoms with Gasteiger partial charge in [0, 0.05) is 7.05 Å². The molecule has 1 aromatic carbocycles. The summed E-state index contributed by atoms with van der Waals surface area (Å²) in [6.45, 7) is 0. The van der Waals surface area contributed by atoms with E-state index in [0.29, 0.717) is 16.7 Å². The van der Waals surface area contributed by atoms with Crippen LogP contribution < -0.4 is 11.3 Å². The molecule has 0 atom stereocenters. The number of rotatable bonds is 1. The van der Waals surface area contributed by atoms with E-state index in [9.17, 15) is 9.90 Å². The molecule has 88 valence electrons. The second-order valence-electron chi connectivity index (χ2n) is 4.63. The van der Waals surface area contributed by atoms with E-state index >= 15 is 0 Å². The fourth-order valence-corrected chi connectivity index (χ4v) is 2.08. The van der Waals surface area contributed by atoms with Gasteiger partial charge in [0.2, 0.25) is 0 Å². The van der Waals surface area contributed by atoms with Gasteiger partial charge in [-0.15, -0.1) is 0 Å². The van der Waals surface area contributed by atoms with Crippen molar-refractivity contribution < 1.29 is 5.11 Å². The van der Waals surface area contributed by atoms with Gasteiger partial charge in [0.25, 0.3) is 5.56 Å². The smallest absolute Gasteiger partial charge is 0.261 e. The van der Waals surface area contributed by atoms with Crippen LogP contribution in [-0.2, 0) is 12.6 Å². The summed E-state index contributed by atoms with van der Waals surface area (Å²) in [6, 6.07) is 4.81. The Hall–Kier alpha value is -1.88. The first-order valence-corrected chi connectivity index (χ1v) is 5.51. The van der Waals surface area contributed by atoms with E-state index in [-0.39, 0.29) is 11.3 Å². The van der Waals surface area contributed by atoms with Gasteiger partial charge in [-0.1, -0.05) is 6.07 Å². The normalized spacial score (nSPS) is 17.3. The molecule has 2 aromatic rings. The first kappa shape index (κ1) is 10.3. The fraction of sp³-hybridized carbons (Fsp3) is 0.333. The molecule has 0 spiro atoms. The van der Waals surface area contributed by atoms with Crippen molar-refractivity contribution in [1.29, 1.82) is 0 Å². The lowest BCUT2D eigenvalue weighted by molar-refractivity contribution is 0.479. The molecule has 3 N–H and O–H groups in total. The molecule has 1 aromatic heterocycles. The molecule has 0 bridgehead atoms. The first-order valence-electron chi connectivity index (χ1n) is 5.51. The highest BCUT2D eigenvalue weighted by Gasteiger charge is 2.44. The van der Waals surface area contributed by atoms with Gasteiger partial charge in [-0.3, -0.25) is 9.36 Å². The number of hydrogen-bond acceptors (Lipinski definition) is 4. The van der Waals surface area contributed by atoms with Crippen molar-refractivity contribution in [3.63, 3.8) is 0 Å². The van der Waals surface area contributed by atoms with E-state index in [1.165, 1.54) is 10.6 Å². The molecule has 0 saturated heterocycles. The lowest BCUT2D eigenvalue weighted by Gasteiger charge is -2.14. The molecule has 0 aliphatic heterocycles. The summed E-state index contributed by atoms with van der Waals surface area (Å²) < 4.78 is 1.48. The number of aromatic nitrogens is 2. The highest BCUT2D eigenvalue weighted by atomic mass is 16.3. The molecule has 17 heavy (non-hydrogen) atoms. The molecule has 0 radical (unpaired) electrons. The lowest BCUT2D eigenvalue weighted by atomic mass is 10.2. The second-order valence-corrected chi connectivity index (χ2v) is 4.63. The minimum atomic E-state index is -0.496. The van der Waals surface area contributed by atoms with Crippen LogP contribution in [0, 0.1) is 0 Å². The van der Waals surface area contributed by atoms with E-state index in [2.05, 4.69) is 4.98 Å². The predicted molar refractivity (Wildman–Crippen MR) is 63.7 cm³/mol. The van der Waals surface area contributed by atoms with E-state index in [4.69, 9.17) is 5.73 Å². The van der Waals surface area contributed by atoms with Gasteiger partial charge in [-0.2, -0.15) is 0 Å². The number of hydrogen-bond donors (Lipinski definition) is 2. The highest BCUT2D eigenvalue weighted by molar-refractivity contribution is 5.83. The van der Waals surface area contributed by atoms with Crippen LogP contribution >= 0.6 is 0 Å². The molecular weight excluding hydrogens is 218 g/mol. The Kier molecular flexibility index (Phi) is 1.86. The Morgan fingerprint density at radius 2 is 2.18 bits per heavy atom. The summed E-state index contributed by atoms with van der Waals surface area (Å²) in [5.41, 5.74) is 5.75. The maximum Gasteiger partial charge on any atom is 0.261 e. The Labute approximate surface area is 97.5 Å². The lowest BCUT2D eigenvalue weighted by Crippen LogP contribution is -2.32. The van der Waals surface area contributed by atoms with Gasteiger partial charge in [0.05, 0.1) is 10.9 Å². The van der Waals surface area contributed by atoms with Crippen LogP contribution in [0.5, 0.6) is 5.75 Å². The molecule has 1 aliphatic carbocycles. The van der Waals surface area contributed by atoms with Crippen LogP contribution in [0.3, 0.4) is 0 Å². The van der Waals surface area contributed by atoms with Crippen LogP contribution in [0.1, 0.15) is 18.7 Å². The number of aromatic hydroxyl groups is 1. The van der Waals surface area contributed by atoms with Gasteiger partial charge in [-0.25, -0.2) is 4.98 Å². The van der Waals surface area contributed by atoms with Crippen LogP contribution in [0.4, 0.5) is 0 Å². The topological polar surface area (TPSA) is 81.1 Å². The van der Waals surface area contributed by atoms with Crippen LogP contribution in [-0.4, -0.2) is 14.7 Å². The number of para-hydroxylation sites is 1. The maximum absolute atomic E-state index is 12.1. The van der Waals surface area contributed by atoms with Crippen molar-refractivity contribution in [3.8, 4) is 5.75 Å². The minimum absolute atomic E-state index is 0.0192. The van der Waals surface area contributed by atoms with Crippen LogP contribution in [0.25, 0.3) is 10.9 Å². The Balaban J connectivity index is 2.44. The first-order chi connectivity index (χ1) is 8.03. The summed E-state index contributed by atoms with van der Waals surface area (Å²) in [5.74, 6) is 0.571. The van der Waals surface area contributed by atoms with E-state index in [1.807, 2.05) is 0 Å². The molecule has 0 unspecified atom stereocenters. The Bertz CT molecular complexity index is 671. The standard InChI is InChI=1S/C12H13N3O2/c1-15-10(17)7-3-2-4-8(16)9(7)14-11(15)12(13)5-6-12/h2-4,16H,5-6,13H2,1H3. The average Bonchev–Trinajstić information content (AvgIpc) is 3.03. The third-order valence-corrected chi connectivity index (χ3v) is 3.32. The zero-order valence-electron chi connectivity index (χ0n) is 9.47. The third kappa shape index (κ3) is 1.36. The molecule has 5 nitrogen and oxygen atoms in total. The number of nitrogens with two attached hydrogens (primary N) is 1. The van der Waals surface area contributed by atoms with Crippen molar-refractivity contribution in [2.45, 2.75) is 18.4 Å². The molecule has 0 amide bonds. The van der Waals surface area contributed by atoms with Crippen molar-refractivity contribution >= 4 is 10.9 Å². The van der Waals surface area contributed by atoms with Gasteiger partial charge in [0.15, 0.2) is 0 Å². The molecule has 3 rings (SSSR count). The van der Waals surface area contributed by atoms with Crippen molar-refractivity contribution in [3.05, 3.63) is 34.4 Å². The van der Waals surface area contributed by atoms with Gasteiger partial charge < -0.3 is 10.8 Å². The van der Waals surface area contributed by atoms with E-state index in [1.54, 1.807) is 19.2 Å². The number of nitrogens with zero attached hydrogens (tertiary/aromatic N) is 2. The van der Waals surface area contributed by atoms with Gasteiger partial charge in [0.1, 0.15) is 17.1 Å². The summed E-state index contributed by atoms with van der Waals surface area (Å²) in [5, 5.41) is 10.2. The fourth-order valence-electron chi connectivity index (χ4n) is 2.08. The monoisotopic (exact) mass is 231 g/mol. The summed E-state index contributed by atoms with van der Waals surface area (Å²) in [7, 11) is 1.67. The zero-order valence-corrected chi connectivity index (χ0v) is 9.47. The average molecular weight is 231 g/mol. The van der Waals surface area contributed by atoms with Crippen molar-refractivity contribution in [2.75, 3.05) is 0 Å². The molecular formula is C12H13N3O2. The van der Waals surface area contributed by atoms with E-state index in [0.717, 1.165) is 12.8 Å². The second kappa shape index (κ2) is 3.07. The number of benzene rings is 1. The minimum Gasteiger partial charge on any atom is -0.506 e.